The summed E-state index contributed by atoms with van der Waals surface area (Å²) in [5, 5.41) is 0. The zero-order chi connectivity index (χ0) is 13.6. The molecule has 19 heavy (non-hydrogen) atoms. The van der Waals surface area contributed by atoms with Crippen molar-refractivity contribution >= 4 is 11.7 Å². The first-order chi connectivity index (χ1) is 9.08. The highest BCUT2D eigenvalue weighted by Crippen LogP contribution is 2.38. The van der Waals surface area contributed by atoms with E-state index in [0.717, 1.165) is 31.5 Å². The summed E-state index contributed by atoms with van der Waals surface area (Å²) < 4.78 is 0. The Morgan fingerprint density at radius 1 is 1.37 bits per heavy atom. The molecule has 102 valence electrons. The molecule has 2 fully saturated rings. The van der Waals surface area contributed by atoms with E-state index < -0.39 is 0 Å². The van der Waals surface area contributed by atoms with Gasteiger partial charge in [-0.15, -0.1) is 0 Å². The van der Waals surface area contributed by atoms with Gasteiger partial charge in [0.25, 0.3) is 5.91 Å². The maximum Gasteiger partial charge on any atom is 0.259 e. The number of hydrogen-bond donors (Lipinski definition) is 1. The van der Waals surface area contributed by atoms with Crippen molar-refractivity contribution in [3.8, 4) is 0 Å². The molecule has 0 unspecified atom stereocenters. The molecule has 0 aromatic carbocycles. The van der Waals surface area contributed by atoms with E-state index in [0.29, 0.717) is 23.3 Å². The topological polar surface area (TPSA) is 72.1 Å². The van der Waals surface area contributed by atoms with Crippen molar-refractivity contribution in [2.24, 2.45) is 0 Å². The van der Waals surface area contributed by atoms with Gasteiger partial charge in [-0.25, -0.2) is 9.97 Å². The zero-order valence-electron chi connectivity index (χ0n) is 11.5. The molecule has 0 radical (unpaired) electrons. The van der Waals surface area contributed by atoms with Crippen LogP contribution in [0.1, 0.15) is 61.6 Å². The van der Waals surface area contributed by atoms with Crippen molar-refractivity contribution in [3.63, 3.8) is 0 Å². The third kappa shape index (κ3) is 2.41. The first-order valence-electron chi connectivity index (χ1n) is 7.03. The first kappa shape index (κ1) is 12.4. The second-order valence-electron chi connectivity index (χ2n) is 5.84. The molecular formula is C14H20N4O. The summed E-state index contributed by atoms with van der Waals surface area (Å²) in [5.41, 5.74) is 6.40. The van der Waals surface area contributed by atoms with E-state index >= 15 is 0 Å². The molecule has 0 saturated heterocycles. The molecule has 2 aliphatic rings. The van der Waals surface area contributed by atoms with Crippen molar-refractivity contribution < 1.29 is 4.79 Å². The number of nitrogen functional groups attached to an aromatic ring is 1. The van der Waals surface area contributed by atoms with E-state index in [4.69, 9.17) is 5.73 Å². The lowest BCUT2D eigenvalue weighted by Gasteiger charge is -2.27. The molecule has 1 aromatic rings. The third-order valence-electron chi connectivity index (χ3n) is 3.74. The summed E-state index contributed by atoms with van der Waals surface area (Å²) in [7, 11) is 0. The molecule has 0 bridgehead atoms. The van der Waals surface area contributed by atoms with Gasteiger partial charge in [-0.1, -0.05) is 0 Å². The minimum atomic E-state index is -0.0302. The van der Waals surface area contributed by atoms with Crippen LogP contribution < -0.4 is 5.73 Å². The molecule has 5 heteroatoms. The fraction of sp³-hybridized carbons (Fsp3) is 0.643. The molecule has 1 aromatic heterocycles. The van der Waals surface area contributed by atoms with Crippen molar-refractivity contribution in [2.75, 3.05) is 5.73 Å². The lowest BCUT2D eigenvalue weighted by Crippen LogP contribution is -2.39. The summed E-state index contributed by atoms with van der Waals surface area (Å²) in [6.45, 7) is 4.07. The third-order valence-corrected chi connectivity index (χ3v) is 3.74. The number of carbonyl (C=O) groups is 1. The molecule has 2 N–H and O–H groups in total. The summed E-state index contributed by atoms with van der Waals surface area (Å²) in [4.78, 5) is 23.1. The maximum atomic E-state index is 12.6. The van der Waals surface area contributed by atoms with Crippen molar-refractivity contribution in [1.29, 1.82) is 0 Å². The number of rotatable bonds is 4. The van der Waals surface area contributed by atoms with Gasteiger partial charge in [0.15, 0.2) is 0 Å². The highest BCUT2D eigenvalue weighted by atomic mass is 16.2. The lowest BCUT2D eigenvalue weighted by atomic mass is 10.2. The Bertz CT molecular complexity index is 504. The maximum absolute atomic E-state index is 12.6. The normalized spacial score (nSPS) is 18.7. The van der Waals surface area contributed by atoms with Gasteiger partial charge in [0, 0.05) is 24.2 Å². The second-order valence-corrected chi connectivity index (χ2v) is 5.84. The summed E-state index contributed by atoms with van der Waals surface area (Å²) in [6.07, 6.45) is 6.05. The Morgan fingerprint density at radius 2 is 2.05 bits per heavy atom. The van der Waals surface area contributed by atoms with Crippen LogP contribution >= 0.6 is 0 Å². The fourth-order valence-electron chi connectivity index (χ4n) is 2.43. The smallest absolute Gasteiger partial charge is 0.259 e. The minimum Gasteiger partial charge on any atom is -0.383 e. The number of amides is 1. The second kappa shape index (κ2) is 4.47. The molecule has 1 heterocycles. The van der Waals surface area contributed by atoms with E-state index in [1.54, 1.807) is 6.20 Å². The first-order valence-corrected chi connectivity index (χ1v) is 7.03. The zero-order valence-corrected chi connectivity index (χ0v) is 11.5. The Morgan fingerprint density at radius 3 is 2.53 bits per heavy atom. The highest BCUT2D eigenvalue weighted by Gasteiger charge is 2.36. The molecule has 2 saturated carbocycles. The predicted molar refractivity (Wildman–Crippen MR) is 72.7 cm³/mol. The van der Waals surface area contributed by atoms with E-state index in [1.165, 1.54) is 0 Å². The van der Waals surface area contributed by atoms with Gasteiger partial charge in [0.1, 0.15) is 17.2 Å². The summed E-state index contributed by atoms with van der Waals surface area (Å²) in [6, 6.07) is 0.553. The Kier molecular flexibility index (Phi) is 2.92. The Labute approximate surface area is 113 Å². The van der Waals surface area contributed by atoms with Crippen LogP contribution in [0.2, 0.25) is 0 Å². The predicted octanol–water partition coefficient (Wildman–Crippen LogP) is 1.95. The van der Waals surface area contributed by atoms with Crippen LogP contribution in [0.4, 0.5) is 5.82 Å². The van der Waals surface area contributed by atoms with Crippen molar-refractivity contribution in [1.82, 2.24) is 14.9 Å². The lowest BCUT2D eigenvalue weighted by molar-refractivity contribution is 0.0690. The monoisotopic (exact) mass is 260 g/mol. The van der Waals surface area contributed by atoms with Crippen molar-refractivity contribution in [2.45, 2.75) is 57.5 Å². The van der Waals surface area contributed by atoms with E-state index in [1.807, 2.05) is 18.7 Å². The highest BCUT2D eigenvalue weighted by molar-refractivity contribution is 5.98. The summed E-state index contributed by atoms with van der Waals surface area (Å²) in [5.74, 6) is 1.54. The molecule has 0 atom stereocenters. The number of anilines is 1. The van der Waals surface area contributed by atoms with Gasteiger partial charge in [-0.3, -0.25) is 4.79 Å². The van der Waals surface area contributed by atoms with Gasteiger partial charge in [0.05, 0.1) is 0 Å². The number of nitrogens with two attached hydrogens (primary N) is 1. The number of carbonyl (C=O) groups excluding carboxylic acids is 1. The van der Waals surface area contributed by atoms with Crippen LogP contribution in [0.5, 0.6) is 0 Å². The number of aromatic nitrogens is 2. The number of nitrogens with zero attached hydrogens (tertiary/aromatic N) is 3. The minimum absolute atomic E-state index is 0.0302. The molecular weight excluding hydrogens is 240 g/mol. The van der Waals surface area contributed by atoms with Crippen LogP contribution in [0, 0.1) is 0 Å². The average molecular weight is 260 g/mol. The van der Waals surface area contributed by atoms with Gasteiger partial charge in [0.2, 0.25) is 0 Å². The van der Waals surface area contributed by atoms with Crippen molar-refractivity contribution in [3.05, 3.63) is 17.6 Å². The van der Waals surface area contributed by atoms with Gasteiger partial charge in [-0.2, -0.15) is 0 Å². The van der Waals surface area contributed by atoms with Gasteiger partial charge >= 0.3 is 0 Å². The summed E-state index contributed by atoms with van der Waals surface area (Å²) >= 11 is 0. The number of hydrogen-bond acceptors (Lipinski definition) is 4. The molecule has 1 amide bonds. The van der Waals surface area contributed by atoms with Crippen LogP contribution in [0.15, 0.2) is 6.20 Å². The Hall–Kier alpha value is -1.65. The van der Waals surface area contributed by atoms with Gasteiger partial charge in [-0.05, 0) is 39.5 Å². The SMILES string of the molecule is CC(C)N(C(=O)c1cnc(C2CC2)nc1N)C1CC1. The van der Waals surface area contributed by atoms with E-state index in [9.17, 15) is 4.79 Å². The van der Waals surface area contributed by atoms with Crippen LogP contribution in [-0.2, 0) is 0 Å². The Balaban J connectivity index is 1.85. The van der Waals surface area contributed by atoms with E-state index in [-0.39, 0.29) is 11.9 Å². The molecule has 5 nitrogen and oxygen atoms in total. The molecule has 0 spiro atoms. The van der Waals surface area contributed by atoms with Crippen LogP contribution in [0.25, 0.3) is 0 Å². The van der Waals surface area contributed by atoms with E-state index in [2.05, 4.69) is 9.97 Å². The largest absolute Gasteiger partial charge is 0.383 e. The molecule has 0 aliphatic heterocycles. The average Bonchev–Trinajstić information content (AvgIpc) is 3.22. The van der Waals surface area contributed by atoms with Crippen LogP contribution in [0.3, 0.4) is 0 Å². The van der Waals surface area contributed by atoms with Gasteiger partial charge < -0.3 is 10.6 Å². The molecule has 3 rings (SSSR count). The quantitative estimate of drug-likeness (QED) is 0.898. The fourth-order valence-corrected chi connectivity index (χ4v) is 2.43. The molecule has 2 aliphatic carbocycles. The van der Waals surface area contributed by atoms with Crippen LogP contribution in [-0.4, -0.2) is 32.9 Å². The standard InChI is InChI=1S/C14H20N4O/c1-8(2)18(10-5-6-10)14(19)11-7-16-13(9-3-4-9)17-12(11)15/h7-10H,3-6H2,1-2H3,(H2,15,16,17).